The van der Waals surface area contributed by atoms with E-state index >= 15 is 0 Å². The molecule has 0 fully saturated rings. The van der Waals surface area contributed by atoms with Crippen LogP contribution in [0.3, 0.4) is 0 Å². The molecule has 1 rings (SSSR count). The molecule has 0 nitrogen and oxygen atoms in total. The van der Waals surface area contributed by atoms with Crippen molar-refractivity contribution in [2.24, 2.45) is 0 Å². The largest absolute Gasteiger partial charge is 1.00 e. The van der Waals surface area contributed by atoms with E-state index < -0.39 is 27.5 Å². The first-order chi connectivity index (χ1) is 5.04. The monoisotopic (exact) mass is 206 g/mol. The maximum absolute atomic E-state index is 12.5. The quantitative estimate of drug-likeness (QED) is 0.247. The summed E-state index contributed by atoms with van der Waals surface area (Å²) >= 11 is 10.0. The number of hydrogen-bond donors (Lipinski definition) is 0. The Kier molecular flexibility index (Phi) is 4.50. The smallest absolute Gasteiger partial charge is 0.234 e. The average molecular weight is 207 g/mol. The minimum Gasteiger partial charge on any atom is -0.234 e. The van der Waals surface area contributed by atoms with Gasteiger partial charge in [0.05, 0.1) is 5.82 Å². The van der Waals surface area contributed by atoms with Crippen LogP contribution in [0, 0.1) is 23.5 Å². The fourth-order valence-corrected chi connectivity index (χ4v) is 0.827. The molecule has 0 bridgehead atoms. The van der Waals surface area contributed by atoms with Gasteiger partial charge in [0.15, 0.2) is 0 Å². The molecule has 0 unspecified atom stereocenters. The fourth-order valence-electron chi connectivity index (χ4n) is 0.495. The zero-order chi connectivity index (χ0) is 8.59. The molecule has 0 amide bonds. The third-order valence-electron chi connectivity index (χ3n) is 0.990. The van der Waals surface area contributed by atoms with E-state index in [0.29, 0.717) is 0 Å². The van der Waals surface area contributed by atoms with Crippen LogP contribution in [0.5, 0.6) is 0 Å². The van der Waals surface area contributed by atoms with Crippen molar-refractivity contribution in [3.63, 3.8) is 0 Å². The van der Waals surface area contributed by atoms with Crippen molar-refractivity contribution >= 4 is 23.2 Å². The molecule has 0 aliphatic heterocycles. The summed E-state index contributed by atoms with van der Waals surface area (Å²) in [4.78, 5) is 0. The minimum absolute atomic E-state index is 0. The van der Waals surface area contributed by atoms with E-state index in [2.05, 4.69) is 0 Å². The standard InChI is InChI=1S/C6Cl2F3.Li/c7-4-2(9)1-3(10)5(8)6(4)11;/q-1;+1. The van der Waals surface area contributed by atoms with Gasteiger partial charge in [-0.1, -0.05) is 0 Å². The first kappa shape index (κ1) is 12.2. The van der Waals surface area contributed by atoms with Crippen molar-refractivity contribution in [3.8, 4) is 0 Å². The van der Waals surface area contributed by atoms with E-state index in [1.807, 2.05) is 0 Å². The van der Waals surface area contributed by atoms with Gasteiger partial charge >= 0.3 is 18.9 Å². The van der Waals surface area contributed by atoms with Gasteiger partial charge in [0.2, 0.25) is 0 Å². The van der Waals surface area contributed by atoms with Gasteiger partial charge in [-0.25, -0.2) is 13.2 Å². The van der Waals surface area contributed by atoms with Crippen LogP contribution in [0.1, 0.15) is 0 Å². The molecule has 0 N–H and O–H groups in total. The van der Waals surface area contributed by atoms with Crippen LogP contribution >= 0.6 is 23.2 Å². The van der Waals surface area contributed by atoms with Gasteiger partial charge < -0.3 is 0 Å². The van der Waals surface area contributed by atoms with E-state index in [-0.39, 0.29) is 18.9 Å². The van der Waals surface area contributed by atoms with Gasteiger partial charge in [0.1, 0.15) is 0 Å². The molecule has 0 spiro atoms. The minimum atomic E-state index is -1.30. The summed E-state index contributed by atoms with van der Waals surface area (Å²) in [5, 5.41) is -1.70. The summed E-state index contributed by atoms with van der Waals surface area (Å²) in [6.45, 7) is 0. The van der Waals surface area contributed by atoms with Gasteiger partial charge in [-0.15, -0.1) is 6.07 Å². The van der Waals surface area contributed by atoms with E-state index in [1.54, 1.807) is 0 Å². The Morgan fingerprint density at radius 1 is 0.917 bits per heavy atom. The molecule has 12 heavy (non-hydrogen) atoms. The topological polar surface area (TPSA) is 0 Å². The van der Waals surface area contributed by atoms with Crippen LogP contribution in [-0.4, -0.2) is 0 Å². The van der Waals surface area contributed by atoms with Crippen LogP contribution in [0.2, 0.25) is 10.0 Å². The molecular formula is C6Cl2F3Li. The van der Waals surface area contributed by atoms with Crippen LogP contribution < -0.4 is 18.9 Å². The van der Waals surface area contributed by atoms with Crippen LogP contribution in [0.15, 0.2) is 0 Å². The molecule has 6 heteroatoms. The first-order valence-corrected chi connectivity index (χ1v) is 3.20. The molecule has 0 heterocycles. The van der Waals surface area contributed by atoms with Crippen LogP contribution in [0.4, 0.5) is 13.2 Å². The van der Waals surface area contributed by atoms with E-state index in [1.165, 1.54) is 6.07 Å². The Bertz CT molecular complexity index is 277. The maximum atomic E-state index is 12.5. The summed E-state index contributed by atoms with van der Waals surface area (Å²) in [6.07, 6.45) is 0. The van der Waals surface area contributed by atoms with E-state index in [9.17, 15) is 13.2 Å². The molecule has 0 aliphatic rings. The second-order valence-corrected chi connectivity index (χ2v) is 2.45. The maximum Gasteiger partial charge on any atom is 1.00 e. The third-order valence-corrected chi connectivity index (χ3v) is 1.65. The van der Waals surface area contributed by atoms with Crippen molar-refractivity contribution in [1.29, 1.82) is 0 Å². The van der Waals surface area contributed by atoms with Gasteiger partial charge in [-0.05, 0) is 0 Å². The van der Waals surface area contributed by atoms with Gasteiger partial charge in [-0.3, -0.25) is 0 Å². The summed E-state index contributed by atoms with van der Waals surface area (Å²) in [5.74, 6) is -3.88. The van der Waals surface area contributed by atoms with Gasteiger partial charge in [0, 0.05) is 21.7 Å². The fraction of sp³-hybridized carbons (Fsp3) is 0. The molecule has 0 aliphatic carbocycles. The molecule has 1 aromatic rings. The van der Waals surface area contributed by atoms with E-state index in [4.69, 9.17) is 23.2 Å². The number of rotatable bonds is 0. The van der Waals surface area contributed by atoms with Crippen molar-refractivity contribution in [1.82, 2.24) is 0 Å². The third kappa shape index (κ3) is 2.11. The zero-order valence-corrected chi connectivity index (χ0v) is 7.40. The molecule has 0 saturated heterocycles. The second kappa shape index (κ2) is 4.43. The van der Waals surface area contributed by atoms with Gasteiger partial charge in [0.25, 0.3) is 0 Å². The number of halogens is 5. The van der Waals surface area contributed by atoms with Crippen molar-refractivity contribution < 1.29 is 32.0 Å². The van der Waals surface area contributed by atoms with Crippen molar-refractivity contribution in [2.45, 2.75) is 0 Å². The van der Waals surface area contributed by atoms with Crippen molar-refractivity contribution in [2.75, 3.05) is 0 Å². The van der Waals surface area contributed by atoms with Crippen LogP contribution in [-0.2, 0) is 0 Å². The van der Waals surface area contributed by atoms with Crippen LogP contribution in [0.25, 0.3) is 0 Å². The molecule has 0 radical (unpaired) electrons. The summed E-state index contributed by atoms with van der Waals surface area (Å²) in [7, 11) is 0. The Hall–Kier alpha value is 0.187. The normalized spacial score (nSPS) is 9.42. The molecule has 60 valence electrons. The Labute approximate surface area is 88.8 Å². The second-order valence-electron chi connectivity index (χ2n) is 1.69. The summed E-state index contributed by atoms with van der Waals surface area (Å²) < 4.78 is 37.1. The number of benzene rings is 1. The molecule has 0 aromatic heterocycles. The first-order valence-electron chi connectivity index (χ1n) is 2.44. The molecule has 1 aromatic carbocycles. The SMILES string of the molecule is Fc1[c-]c(F)c(Cl)c(F)c1Cl.[Li+]. The average Bonchev–Trinajstić information content (AvgIpc) is 1.97. The summed E-state index contributed by atoms with van der Waals surface area (Å²) in [6, 6.07) is 1.51. The number of hydrogen-bond acceptors (Lipinski definition) is 0. The predicted molar refractivity (Wildman–Crippen MR) is 35.2 cm³/mol. The Balaban J connectivity index is 0.00000121. The van der Waals surface area contributed by atoms with E-state index in [0.717, 1.165) is 0 Å². The summed E-state index contributed by atoms with van der Waals surface area (Å²) in [5.41, 5.74) is 0. The van der Waals surface area contributed by atoms with Crippen molar-refractivity contribution in [3.05, 3.63) is 33.6 Å². The Morgan fingerprint density at radius 2 is 1.25 bits per heavy atom. The molecule has 0 atom stereocenters. The molecule has 0 saturated carbocycles. The molecular weight excluding hydrogens is 207 g/mol. The van der Waals surface area contributed by atoms with Gasteiger partial charge in [-0.2, -0.15) is 23.2 Å². The zero-order valence-electron chi connectivity index (χ0n) is 5.89. The Morgan fingerprint density at radius 3 is 1.58 bits per heavy atom. The predicted octanol–water partition coefficient (Wildman–Crippen LogP) is 0.215.